The highest BCUT2D eigenvalue weighted by atomic mass is 32.2. The lowest BCUT2D eigenvalue weighted by atomic mass is 9.85. The van der Waals surface area contributed by atoms with Gasteiger partial charge in [0.25, 0.3) is 0 Å². The first-order valence-corrected chi connectivity index (χ1v) is 7.11. The molecule has 0 heterocycles. The molecule has 0 radical (unpaired) electrons. The van der Waals surface area contributed by atoms with Crippen LogP contribution < -0.4 is 9.47 Å². The number of thioether (sulfide) groups is 1. The second-order valence-corrected chi connectivity index (χ2v) is 5.66. The first-order chi connectivity index (χ1) is 8.87. The Morgan fingerprint density at radius 1 is 1.26 bits per heavy atom. The van der Waals surface area contributed by atoms with Crippen LogP contribution in [0.15, 0.2) is 17.0 Å². The van der Waals surface area contributed by atoms with Crippen molar-refractivity contribution in [2.45, 2.75) is 25.2 Å². The van der Waals surface area contributed by atoms with Gasteiger partial charge in [0.05, 0.1) is 24.5 Å². The lowest BCUT2D eigenvalue weighted by molar-refractivity contribution is -0.146. The van der Waals surface area contributed by atoms with Crippen molar-refractivity contribution in [3.8, 4) is 11.5 Å². The van der Waals surface area contributed by atoms with Crippen LogP contribution in [-0.4, -0.2) is 31.6 Å². The maximum Gasteiger partial charge on any atom is 0.309 e. The summed E-state index contributed by atoms with van der Waals surface area (Å²) in [7, 11) is 3.19. The first-order valence-electron chi connectivity index (χ1n) is 5.88. The van der Waals surface area contributed by atoms with Gasteiger partial charge in [-0.05, 0) is 38.7 Å². The van der Waals surface area contributed by atoms with Crippen LogP contribution in [0.4, 0.5) is 0 Å². The van der Waals surface area contributed by atoms with Crippen molar-refractivity contribution in [3.63, 3.8) is 0 Å². The summed E-state index contributed by atoms with van der Waals surface area (Å²) >= 11 is 1.53. The summed E-state index contributed by atoms with van der Waals surface area (Å²) < 4.78 is 10.7. The van der Waals surface area contributed by atoms with Gasteiger partial charge in [0.1, 0.15) is 11.5 Å². The fourth-order valence-electron chi connectivity index (χ4n) is 1.85. The molecule has 1 N–H and O–H groups in total. The number of carboxylic acid groups (broad SMARTS) is 1. The average Bonchev–Trinajstić information content (AvgIpc) is 2.37. The summed E-state index contributed by atoms with van der Waals surface area (Å²) in [5.74, 6) is 0.605. The van der Waals surface area contributed by atoms with Crippen LogP contribution in [0.5, 0.6) is 11.5 Å². The van der Waals surface area contributed by atoms with Gasteiger partial charge in [-0.1, -0.05) is 0 Å². The molecule has 0 fully saturated rings. The maximum atomic E-state index is 11.3. The summed E-state index contributed by atoms with van der Waals surface area (Å²) in [5.41, 5.74) is 0.0196. The number of benzene rings is 1. The van der Waals surface area contributed by atoms with Crippen molar-refractivity contribution in [2.24, 2.45) is 5.41 Å². The van der Waals surface area contributed by atoms with Gasteiger partial charge >= 0.3 is 5.97 Å². The number of carbonyl (C=O) groups is 1. The monoisotopic (exact) mass is 284 g/mol. The van der Waals surface area contributed by atoms with Gasteiger partial charge in [0.2, 0.25) is 0 Å². The first kappa shape index (κ1) is 15.7. The molecule has 0 spiro atoms. The van der Waals surface area contributed by atoms with Crippen LogP contribution in [0, 0.1) is 5.41 Å². The predicted octanol–water partition coefficient (Wildman–Crippen LogP) is 3.08. The van der Waals surface area contributed by atoms with Crippen molar-refractivity contribution in [3.05, 3.63) is 17.7 Å². The highest BCUT2D eigenvalue weighted by molar-refractivity contribution is 7.98. The van der Waals surface area contributed by atoms with Gasteiger partial charge < -0.3 is 14.6 Å². The molecule has 0 unspecified atom stereocenters. The zero-order chi connectivity index (χ0) is 14.6. The van der Waals surface area contributed by atoms with Gasteiger partial charge in [-0.15, -0.1) is 11.8 Å². The molecule has 0 amide bonds. The molecule has 0 atom stereocenters. The zero-order valence-corrected chi connectivity index (χ0v) is 12.8. The molecular formula is C14H20O4S. The SMILES string of the molecule is COc1ccc(OC)c(SC)c1CC(C)(C)C(=O)O. The van der Waals surface area contributed by atoms with E-state index in [0.29, 0.717) is 12.2 Å². The lowest BCUT2D eigenvalue weighted by Gasteiger charge is -2.23. The molecule has 0 saturated carbocycles. The normalized spacial score (nSPS) is 11.2. The third-order valence-corrected chi connectivity index (χ3v) is 3.88. The fourth-order valence-corrected chi connectivity index (χ4v) is 2.62. The summed E-state index contributed by atoms with van der Waals surface area (Å²) in [6, 6.07) is 3.65. The number of aliphatic carboxylic acids is 1. The van der Waals surface area contributed by atoms with Gasteiger partial charge in [-0.3, -0.25) is 4.79 Å². The zero-order valence-electron chi connectivity index (χ0n) is 11.9. The molecule has 0 aliphatic carbocycles. The van der Waals surface area contributed by atoms with Crippen molar-refractivity contribution < 1.29 is 19.4 Å². The average molecular weight is 284 g/mol. The number of carboxylic acids is 1. The van der Waals surface area contributed by atoms with Crippen molar-refractivity contribution in [1.82, 2.24) is 0 Å². The summed E-state index contributed by atoms with van der Waals surface area (Å²) in [5, 5.41) is 9.28. The van der Waals surface area contributed by atoms with E-state index in [0.717, 1.165) is 16.2 Å². The molecule has 0 saturated heterocycles. The van der Waals surface area contributed by atoms with E-state index in [9.17, 15) is 9.90 Å². The maximum absolute atomic E-state index is 11.3. The topological polar surface area (TPSA) is 55.8 Å². The third kappa shape index (κ3) is 3.35. The Kier molecular flexibility index (Phi) is 5.11. The Morgan fingerprint density at radius 2 is 1.79 bits per heavy atom. The molecule has 1 aromatic carbocycles. The third-order valence-electron chi connectivity index (χ3n) is 3.02. The minimum absolute atomic E-state index is 0.388. The van der Waals surface area contributed by atoms with Crippen molar-refractivity contribution in [1.29, 1.82) is 0 Å². The van der Waals surface area contributed by atoms with Gasteiger partial charge in [-0.2, -0.15) is 0 Å². The fraction of sp³-hybridized carbons (Fsp3) is 0.500. The molecule has 1 aromatic rings. The Morgan fingerprint density at radius 3 is 2.21 bits per heavy atom. The summed E-state index contributed by atoms with van der Waals surface area (Å²) in [6.07, 6.45) is 2.33. The van der Waals surface area contributed by atoms with Gasteiger partial charge in [-0.25, -0.2) is 0 Å². The van der Waals surface area contributed by atoms with Crippen LogP contribution >= 0.6 is 11.8 Å². The van der Waals surface area contributed by atoms with E-state index >= 15 is 0 Å². The Hall–Kier alpha value is -1.36. The summed E-state index contributed by atoms with van der Waals surface area (Å²) in [6.45, 7) is 3.41. The second kappa shape index (κ2) is 6.19. The minimum Gasteiger partial charge on any atom is -0.496 e. The molecule has 0 aromatic heterocycles. The number of hydrogen-bond acceptors (Lipinski definition) is 4. The molecular weight excluding hydrogens is 264 g/mol. The molecule has 5 heteroatoms. The van der Waals surface area contributed by atoms with Crippen LogP contribution in [0.1, 0.15) is 19.4 Å². The standard InChI is InChI=1S/C14H20O4S/c1-14(2,13(15)16)8-9-10(17-3)6-7-11(18-4)12(9)19-5/h6-7H,8H2,1-5H3,(H,15,16). The highest BCUT2D eigenvalue weighted by Crippen LogP contribution is 2.40. The van der Waals surface area contributed by atoms with Crippen molar-refractivity contribution >= 4 is 17.7 Å². The molecule has 0 aliphatic rings. The number of rotatable bonds is 6. The molecule has 0 aliphatic heterocycles. The van der Waals surface area contributed by atoms with E-state index < -0.39 is 11.4 Å². The van der Waals surface area contributed by atoms with E-state index in [1.165, 1.54) is 11.8 Å². The van der Waals surface area contributed by atoms with E-state index in [1.807, 2.05) is 18.4 Å². The molecule has 0 bridgehead atoms. The Balaban J connectivity index is 3.34. The largest absolute Gasteiger partial charge is 0.496 e. The minimum atomic E-state index is -0.857. The van der Waals surface area contributed by atoms with Crippen LogP contribution in [0.25, 0.3) is 0 Å². The molecule has 4 nitrogen and oxygen atoms in total. The number of ether oxygens (including phenoxy) is 2. The van der Waals surface area contributed by atoms with Crippen LogP contribution in [0.3, 0.4) is 0 Å². The number of hydrogen-bond donors (Lipinski definition) is 1. The highest BCUT2D eigenvalue weighted by Gasteiger charge is 2.30. The quantitative estimate of drug-likeness (QED) is 0.814. The smallest absolute Gasteiger partial charge is 0.309 e. The van der Waals surface area contributed by atoms with Gasteiger partial charge in [0, 0.05) is 5.56 Å². The second-order valence-electron chi connectivity index (χ2n) is 4.85. The van der Waals surface area contributed by atoms with E-state index in [1.54, 1.807) is 28.1 Å². The Labute approximate surface area is 118 Å². The Bertz CT molecular complexity index is 469. The predicted molar refractivity (Wildman–Crippen MR) is 76.4 cm³/mol. The number of methoxy groups -OCH3 is 2. The molecule has 1 rings (SSSR count). The van der Waals surface area contributed by atoms with E-state index in [4.69, 9.17) is 9.47 Å². The van der Waals surface area contributed by atoms with E-state index in [-0.39, 0.29) is 0 Å². The summed E-state index contributed by atoms with van der Waals surface area (Å²) in [4.78, 5) is 12.2. The van der Waals surface area contributed by atoms with E-state index in [2.05, 4.69) is 0 Å². The van der Waals surface area contributed by atoms with Gasteiger partial charge in [0.15, 0.2) is 0 Å². The van der Waals surface area contributed by atoms with Crippen molar-refractivity contribution in [2.75, 3.05) is 20.5 Å². The van der Waals surface area contributed by atoms with Crippen LogP contribution in [0.2, 0.25) is 0 Å². The molecule has 106 valence electrons. The van der Waals surface area contributed by atoms with Crippen LogP contribution in [-0.2, 0) is 11.2 Å². The lowest BCUT2D eigenvalue weighted by Crippen LogP contribution is -2.26. The molecule has 19 heavy (non-hydrogen) atoms.